The molecule has 0 saturated heterocycles. The Morgan fingerprint density at radius 3 is 2.10 bits per heavy atom. The summed E-state index contributed by atoms with van der Waals surface area (Å²) in [6.45, 7) is -0.214. The number of ether oxygens (including phenoxy) is 1. The fourth-order valence-corrected chi connectivity index (χ4v) is 0.193. The van der Waals surface area contributed by atoms with Crippen molar-refractivity contribution in [2.24, 2.45) is 0 Å². The molecule has 0 aliphatic rings. The predicted molar refractivity (Wildman–Crippen MR) is 27.1 cm³/mol. The number of carboxylic acids is 1. The van der Waals surface area contributed by atoms with E-state index in [0.29, 0.717) is 0 Å². The Hall–Kier alpha value is -1.72. The van der Waals surface area contributed by atoms with Crippen molar-refractivity contribution >= 4 is 12.4 Å². The number of hydrogen-bond acceptors (Lipinski definition) is 5. The first-order valence-electron chi connectivity index (χ1n) is 2.05. The van der Waals surface area contributed by atoms with Crippen molar-refractivity contribution < 1.29 is 29.6 Å². The Morgan fingerprint density at radius 2 is 1.80 bits per heavy atom. The lowest BCUT2D eigenvalue weighted by molar-refractivity contribution is -0.137. The van der Waals surface area contributed by atoms with E-state index >= 15 is 0 Å². The molecule has 0 heterocycles. The van der Waals surface area contributed by atoms with E-state index in [2.05, 4.69) is 4.74 Å². The maximum atomic E-state index is 9.75. The van der Waals surface area contributed by atoms with Gasteiger partial charge in [0.25, 0.3) is 5.76 Å². The molecule has 0 spiro atoms. The summed E-state index contributed by atoms with van der Waals surface area (Å²) < 4.78 is 3.59. The Labute approximate surface area is 55.0 Å². The van der Waals surface area contributed by atoms with E-state index in [9.17, 15) is 9.59 Å². The molecule has 0 fully saturated rings. The molecule has 0 bridgehead atoms. The normalized spacial score (nSPS) is 11.6. The van der Waals surface area contributed by atoms with Crippen molar-refractivity contribution in [3.05, 3.63) is 11.7 Å². The van der Waals surface area contributed by atoms with Gasteiger partial charge in [-0.1, -0.05) is 0 Å². The van der Waals surface area contributed by atoms with Gasteiger partial charge in [0, 0.05) is 0 Å². The topological polar surface area (TPSA) is 104 Å². The highest BCUT2D eigenvalue weighted by atomic mass is 16.6. The molecule has 0 unspecified atom stereocenters. The van der Waals surface area contributed by atoms with Crippen molar-refractivity contribution in [2.75, 3.05) is 0 Å². The largest absolute Gasteiger partial charge is 0.497 e. The van der Waals surface area contributed by atoms with Crippen LogP contribution in [0.4, 0.5) is 0 Å². The third kappa shape index (κ3) is 2.03. The van der Waals surface area contributed by atoms with E-state index in [-0.39, 0.29) is 6.47 Å². The van der Waals surface area contributed by atoms with E-state index in [1.807, 2.05) is 0 Å². The van der Waals surface area contributed by atoms with E-state index in [4.69, 9.17) is 15.3 Å². The number of hydrogen-bond donors (Lipinski definition) is 3. The summed E-state index contributed by atoms with van der Waals surface area (Å²) in [5, 5.41) is 24.5. The summed E-state index contributed by atoms with van der Waals surface area (Å²) in [5.74, 6) is -4.52. The molecule has 0 radical (unpaired) electrons. The first kappa shape index (κ1) is 8.28. The Morgan fingerprint density at radius 1 is 1.30 bits per heavy atom. The first-order valence-corrected chi connectivity index (χ1v) is 2.05. The number of aliphatic hydroxyl groups excluding tert-OH is 2. The van der Waals surface area contributed by atoms with Gasteiger partial charge in [-0.3, -0.25) is 4.79 Å². The average Bonchev–Trinajstić information content (AvgIpc) is 1.87. The van der Waals surface area contributed by atoms with E-state index in [1.54, 1.807) is 0 Å². The van der Waals surface area contributed by atoms with Crippen LogP contribution < -0.4 is 0 Å². The maximum absolute atomic E-state index is 9.75. The van der Waals surface area contributed by atoms with Crippen molar-refractivity contribution in [2.45, 2.75) is 0 Å². The second kappa shape index (κ2) is 3.33. The van der Waals surface area contributed by atoms with Gasteiger partial charge >= 0.3 is 18.4 Å². The van der Waals surface area contributed by atoms with Crippen LogP contribution in [0.1, 0.15) is 0 Å². The van der Waals surface area contributed by atoms with Crippen LogP contribution in [0.2, 0.25) is 0 Å². The van der Waals surface area contributed by atoms with Crippen molar-refractivity contribution in [3.63, 3.8) is 0 Å². The minimum Gasteiger partial charge on any atom is -0.497 e. The number of carboxylic acid groups (broad SMARTS) is 1. The summed E-state index contributed by atoms with van der Waals surface area (Å²) in [5.41, 5.74) is 0. The van der Waals surface area contributed by atoms with Crippen LogP contribution in [0.25, 0.3) is 0 Å². The zero-order chi connectivity index (χ0) is 8.15. The Kier molecular flexibility index (Phi) is 2.76. The van der Waals surface area contributed by atoms with Crippen LogP contribution in [-0.4, -0.2) is 27.8 Å². The zero-order valence-corrected chi connectivity index (χ0v) is 4.64. The molecule has 3 N–H and O–H groups in total. The molecule has 0 rings (SSSR count). The monoisotopic (exact) mass is 148 g/mol. The number of carbonyl (C=O) groups is 2. The number of rotatable bonds is 3. The van der Waals surface area contributed by atoms with Crippen LogP contribution >= 0.6 is 0 Å². The van der Waals surface area contributed by atoms with Crippen LogP contribution in [-0.2, 0) is 14.3 Å². The Balaban J connectivity index is 4.33. The van der Waals surface area contributed by atoms with Crippen LogP contribution in [0.5, 0.6) is 0 Å². The molecule has 0 aromatic heterocycles. The molecule has 0 aromatic rings. The molecule has 6 nitrogen and oxygen atoms in total. The molecule has 0 saturated carbocycles. The second-order valence-corrected chi connectivity index (χ2v) is 1.17. The lowest BCUT2D eigenvalue weighted by atomic mass is 10.5. The van der Waals surface area contributed by atoms with Crippen LogP contribution in [0, 0.1) is 0 Å². The number of aliphatic carboxylic acids is 1. The number of aliphatic hydroxyl groups is 2. The summed E-state index contributed by atoms with van der Waals surface area (Å²) in [7, 11) is 0. The highest BCUT2D eigenvalue weighted by Gasteiger charge is 2.12. The zero-order valence-electron chi connectivity index (χ0n) is 4.64. The Bertz CT molecular complexity index is 180. The molecule has 10 heavy (non-hydrogen) atoms. The summed E-state index contributed by atoms with van der Waals surface area (Å²) in [4.78, 5) is 19.2. The van der Waals surface area contributed by atoms with E-state index in [1.165, 1.54) is 0 Å². The van der Waals surface area contributed by atoms with Gasteiger partial charge < -0.3 is 20.1 Å². The molecule has 0 aliphatic carbocycles. The molecule has 0 aromatic carbocycles. The average molecular weight is 148 g/mol. The van der Waals surface area contributed by atoms with Crippen LogP contribution in [0.15, 0.2) is 11.7 Å². The van der Waals surface area contributed by atoms with Gasteiger partial charge in [-0.05, 0) is 0 Å². The smallest absolute Gasteiger partial charge is 0.378 e. The van der Waals surface area contributed by atoms with Gasteiger partial charge in [-0.15, -0.1) is 0 Å². The van der Waals surface area contributed by atoms with Crippen molar-refractivity contribution in [1.29, 1.82) is 0 Å². The third-order valence-corrected chi connectivity index (χ3v) is 0.565. The SMILES string of the molecule is O=CO/C(O)=C(\O)C(=O)O. The van der Waals surface area contributed by atoms with E-state index in [0.717, 1.165) is 0 Å². The minimum atomic E-state index is -1.78. The number of carbonyl (C=O) groups excluding carboxylic acids is 1. The molecule has 0 amide bonds. The maximum Gasteiger partial charge on any atom is 0.378 e. The molecular weight excluding hydrogens is 144 g/mol. The standard InChI is InChI=1S/C4H4O6/c5-1-10-4(9)2(6)3(7)8/h1,6,9H,(H,7,8)/b4-2-. The molecule has 6 heteroatoms. The lowest BCUT2D eigenvalue weighted by Crippen LogP contribution is -2.05. The molecule has 0 atom stereocenters. The van der Waals surface area contributed by atoms with Gasteiger partial charge in [-0.25, -0.2) is 4.79 Å². The van der Waals surface area contributed by atoms with Gasteiger partial charge in [0.1, 0.15) is 0 Å². The molecular formula is C4H4O6. The highest BCUT2D eigenvalue weighted by molar-refractivity contribution is 5.84. The molecule has 0 aliphatic heterocycles. The van der Waals surface area contributed by atoms with Crippen molar-refractivity contribution in [3.8, 4) is 0 Å². The van der Waals surface area contributed by atoms with E-state index < -0.39 is 17.7 Å². The van der Waals surface area contributed by atoms with Gasteiger partial charge in [-0.2, -0.15) is 0 Å². The van der Waals surface area contributed by atoms with Gasteiger partial charge in [0.2, 0.25) is 0 Å². The van der Waals surface area contributed by atoms with Gasteiger partial charge in [0.05, 0.1) is 0 Å². The predicted octanol–water partition coefficient (Wildman–Crippen LogP) is -0.471. The quantitative estimate of drug-likeness (QED) is 0.284. The highest BCUT2D eigenvalue weighted by Crippen LogP contribution is 1.96. The minimum absolute atomic E-state index is 0.214. The third-order valence-electron chi connectivity index (χ3n) is 0.565. The van der Waals surface area contributed by atoms with Crippen molar-refractivity contribution in [1.82, 2.24) is 0 Å². The molecule has 56 valence electrons. The second-order valence-electron chi connectivity index (χ2n) is 1.17. The fourth-order valence-electron chi connectivity index (χ4n) is 0.193. The fraction of sp³-hybridized carbons (Fsp3) is 0. The summed E-state index contributed by atoms with van der Waals surface area (Å²) in [6.07, 6.45) is 0. The lowest BCUT2D eigenvalue weighted by Gasteiger charge is -1.94. The van der Waals surface area contributed by atoms with Gasteiger partial charge in [0.15, 0.2) is 0 Å². The summed E-state index contributed by atoms with van der Waals surface area (Å²) >= 11 is 0. The first-order chi connectivity index (χ1) is 4.59. The summed E-state index contributed by atoms with van der Waals surface area (Å²) in [6, 6.07) is 0. The van der Waals surface area contributed by atoms with Crippen LogP contribution in [0.3, 0.4) is 0 Å².